The van der Waals surface area contributed by atoms with Crippen LogP contribution in [0.5, 0.6) is 0 Å². The molecule has 1 aliphatic rings. The molecule has 0 radical (unpaired) electrons. The van der Waals surface area contributed by atoms with Gasteiger partial charge in [0.05, 0.1) is 24.1 Å². The van der Waals surface area contributed by atoms with Crippen LogP contribution in [0.15, 0.2) is 60.9 Å². The van der Waals surface area contributed by atoms with Crippen LogP contribution in [0.4, 0.5) is 18.9 Å². The Balaban J connectivity index is 1.55. The average molecular weight is 457 g/mol. The Morgan fingerprint density at radius 2 is 2.03 bits per heavy atom. The number of ether oxygens (including phenoxy) is 1. The smallest absolute Gasteiger partial charge is 0.478 e. The van der Waals surface area contributed by atoms with Crippen molar-refractivity contribution in [2.75, 3.05) is 18.4 Å². The molecule has 1 aromatic heterocycles. The number of nitrogens with one attached hydrogen (secondary N) is 2. The van der Waals surface area contributed by atoms with Crippen molar-refractivity contribution in [1.82, 2.24) is 10.3 Å². The van der Waals surface area contributed by atoms with Crippen LogP contribution in [-0.4, -0.2) is 35.5 Å². The third-order valence-electron chi connectivity index (χ3n) is 5.57. The molecule has 0 unspecified atom stereocenters. The zero-order valence-electron chi connectivity index (χ0n) is 17.5. The van der Waals surface area contributed by atoms with Crippen molar-refractivity contribution in [2.45, 2.75) is 25.4 Å². The van der Waals surface area contributed by atoms with Gasteiger partial charge in [-0.25, -0.2) is 4.79 Å². The van der Waals surface area contributed by atoms with E-state index in [1.54, 1.807) is 24.3 Å². The molecule has 2 aromatic carbocycles. The summed E-state index contributed by atoms with van der Waals surface area (Å²) in [6.45, 7) is 0.622. The number of carbonyl (C=O) groups is 1. The van der Waals surface area contributed by atoms with E-state index in [1.807, 2.05) is 18.2 Å². The highest BCUT2D eigenvalue weighted by molar-refractivity contribution is 5.93. The number of fused-ring (bicyclic) bond motifs is 1. The van der Waals surface area contributed by atoms with Crippen LogP contribution in [0.1, 0.15) is 33.1 Å². The number of nitrogens with zero attached hydrogens (tertiary/aromatic N) is 1. The van der Waals surface area contributed by atoms with Crippen LogP contribution in [0.25, 0.3) is 11.1 Å². The molecule has 0 amide bonds. The third-order valence-corrected chi connectivity index (χ3v) is 5.57. The first-order chi connectivity index (χ1) is 15.8. The molecule has 0 saturated heterocycles. The summed E-state index contributed by atoms with van der Waals surface area (Å²) in [5, 5.41) is 15.9. The third kappa shape index (κ3) is 5.50. The normalized spacial score (nSPS) is 15.7. The number of carboxylic acid groups (broad SMARTS) is 1. The summed E-state index contributed by atoms with van der Waals surface area (Å²) in [5.41, 5.74) is 4.71. The van der Waals surface area contributed by atoms with Gasteiger partial charge in [0.15, 0.2) is 0 Å². The summed E-state index contributed by atoms with van der Waals surface area (Å²) in [4.78, 5) is 15.4. The van der Waals surface area contributed by atoms with Crippen LogP contribution in [0, 0.1) is 0 Å². The standard InChI is InChI=1S/C24H22F3N3O3/c25-24(26,27)33-14-17-3-1-2-4-18(17)15-5-6-19-16(11-15)7-10-29-22(19)13-30-21-12-28-9-8-20(21)23(31)32/h1-6,8-9,11-12,22,29-30H,7,10,13-14H2,(H,31,32)/t22-/m0/s1. The highest BCUT2D eigenvalue weighted by Gasteiger charge is 2.29. The van der Waals surface area contributed by atoms with Gasteiger partial charge in [0.25, 0.3) is 0 Å². The van der Waals surface area contributed by atoms with Crippen molar-refractivity contribution in [3.05, 3.63) is 83.2 Å². The number of hydrogen-bond acceptors (Lipinski definition) is 5. The molecule has 3 aromatic rings. The maximum atomic E-state index is 12.5. The van der Waals surface area contributed by atoms with Gasteiger partial charge in [0.1, 0.15) is 0 Å². The van der Waals surface area contributed by atoms with E-state index in [2.05, 4.69) is 20.4 Å². The number of aromatic nitrogens is 1. The van der Waals surface area contributed by atoms with E-state index in [0.29, 0.717) is 23.4 Å². The number of benzene rings is 2. The number of alkyl halides is 3. The molecule has 3 N–H and O–H groups in total. The average Bonchev–Trinajstić information content (AvgIpc) is 2.81. The van der Waals surface area contributed by atoms with Crippen molar-refractivity contribution in [1.29, 1.82) is 0 Å². The van der Waals surface area contributed by atoms with Crippen molar-refractivity contribution in [2.24, 2.45) is 0 Å². The van der Waals surface area contributed by atoms with E-state index in [-0.39, 0.29) is 11.6 Å². The Kier molecular flexibility index (Phi) is 6.62. The maximum absolute atomic E-state index is 12.5. The lowest BCUT2D eigenvalue weighted by Crippen LogP contribution is -2.34. The summed E-state index contributed by atoms with van der Waals surface area (Å²) in [5.74, 6) is -1.03. The SMILES string of the molecule is O=C(O)c1ccncc1NC[C@@H]1NCCc2cc(-c3ccccc3COC(F)(F)F)ccc21. The largest absolute Gasteiger partial charge is 0.522 e. The van der Waals surface area contributed by atoms with E-state index in [0.717, 1.165) is 29.7 Å². The Morgan fingerprint density at radius 3 is 2.82 bits per heavy atom. The lowest BCUT2D eigenvalue weighted by molar-refractivity contribution is -0.330. The molecular weight excluding hydrogens is 435 g/mol. The van der Waals surface area contributed by atoms with Crippen LogP contribution in [0.2, 0.25) is 0 Å². The molecule has 33 heavy (non-hydrogen) atoms. The fourth-order valence-electron chi connectivity index (χ4n) is 4.02. The summed E-state index contributed by atoms with van der Waals surface area (Å²) < 4.78 is 41.7. The zero-order valence-corrected chi connectivity index (χ0v) is 17.5. The van der Waals surface area contributed by atoms with Crippen molar-refractivity contribution in [3.8, 4) is 11.1 Å². The lowest BCUT2D eigenvalue weighted by Gasteiger charge is -2.28. The highest BCUT2D eigenvalue weighted by Crippen LogP contribution is 2.32. The predicted molar refractivity (Wildman–Crippen MR) is 117 cm³/mol. The van der Waals surface area contributed by atoms with Gasteiger partial charge in [-0.1, -0.05) is 42.5 Å². The number of hydrogen-bond donors (Lipinski definition) is 3. The van der Waals surface area contributed by atoms with Crippen molar-refractivity contribution < 1.29 is 27.8 Å². The second-order valence-corrected chi connectivity index (χ2v) is 7.67. The maximum Gasteiger partial charge on any atom is 0.522 e. The summed E-state index contributed by atoms with van der Waals surface area (Å²) >= 11 is 0. The number of rotatable bonds is 7. The van der Waals surface area contributed by atoms with Gasteiger partial charge in [0.2, 0.25) is 0 Å². The minimum atomic E-state index is -4.69. The van der Waals surface area contributed by atoms with Crippen molar-refractivity contribution >= 4 is 11.7 Å². The van der Waals surface area contributed by atoms with E-state index in [9.17, 15) is 23.1 Å². The molecule has 9 heteroatoms. The molecule has 1 atom stereocenters. The van der Waals surface area contributed by atoms with Gasteiger partial charge in [0, 0.05) is 18.8 Å². The van der Waals surface area contributed by atoms with Crippen LogP contribution in [0.3, 0.4) is 0 Å². The fourth-order valence-corrected chi connectivity index (χ4v) is 4.02. The number of anilines is 1. The summed E-state index contributed by atoms with van der Waals surface area (Å²) in [6.07, 6.45) is -1.00. The van der Waals surface area contributed by atoms with Gasteiger partial charge < -0.3 is 15.7 Å². The lowest BCUT2D eigenvalue weighted by atomic mass is 9.89. The van der Waals surface area contributed by atoms with E-state index in [1.165, 1.54) is 18.5 Å². The van der Waals surface area contributed by atoms with Gasteiger partial charge in [-0.05, 0) is 46.8 Å². The summed E-state index contributed by atoms with van der Waals surface area (Å²) in [6, 6.07) is 14.1. The quantitative estimate of drug-likeness (QED) is 0.474. The molecule has 4 rings (SSSR count). The molecule has 1 aliphatic heterocycles. The van der Waals surface area contributed by atoms with E-state index < -0.39 is 18.9 Å². The Hall–Kier alpha value is -3.43. The Labute approximate surface area is 188 Å². The first-order valence-electron chi connectivity index (χ1n) is 10.4. The number of carboxylic acids is 1. The minimum Gasteiger partial charge on any atom is -0.478 e. The Bertz CT molecular complexity index is 1150. The predicted octanol–water partition coefficient (Wildman–Crippen LogP) is 4.78. The summed E-state index contributed by atoms with van der Waals surface area (Å²) in [7, 11) is 0. The van der Waals surface area contributed by atoms with Crippen LogP contribution in [-0.2, 0) is 17.8 Å². The van der Waals surface area contributed by atoms with Crippen LogP contribution >= 0.6 is 0 Å². The zero-order chi connectivity index (χ0) is 23.4. The second kappa shape index (κ2) is 9.60. The molecule has 172 valence electrons. The molecular formula is C24H22F3N3O3. The molecule has 0 bridgehead atoms. The number of pyridine rings is 1. The molecule has 0 spiro atoms. The number of aromatic carboxylic acids is 1. The van der Waals surface area contributed by atoms with Gasteiger partial charge in [-0.15, -0.1) is 13.2 Å². The monoisotopic (exact) mass is 457 g/mol. The second-order valence-electron chi connectivity index (χ2n) is 7.67. The molecule has 0 saturated carbocycles. The minimum absolute atomic E-state index is 0.0616. The number of halogens is 3. The molecule has 0 aliphatic carbocycles. The van der Waals surface area contributed by atoms with Gasteiger partial charge >= 0.3 is 12.3 Å². The van der Waals surface area contributed by atoms with E-state index >= 15 is 0 Å². The fraction of sp³-hybridized carbons (Fsp3) is 0.250. The Morgan fingerprint density at radius 1 is 1.21 bits per heavy atom. The first-order valence-corrected chi connectivity index (χ1v) is 10.4. The van der Waals surface area contributed by atoms with Crippen LogP contribution < -0.4 is 10.6 Å². The molecule has 6 nitrogen and oxygen atoms in total. The molecule has 0 fully saturated rings. The molecule has 2 heterocycles. The van der Waals surface area contributed by atoms with Crippen molar-refractivity contribution in [3.63, 3.8) is 0 Å². The topological polar surface area (TPSA) is 83.5 Å². The first kappa shape index (κ1) is 22.8. The van der Waals surface area contributed by atoms with E-state index in [4.69, 9.17) is 0 Å². The van der Waals surface area contributed by atoms with Gasteiger partial charge in [-0.3, -0.25) is 9.72 Å². The van der Waals surface area contributed by atoms with Gasteiger partial charge in [-0.2, -0.15) is 0 Å². The highest BCUT2D eigenvalue weighted by atomic mass is 19.4.